The number of halogens is 1. The van der Waals surface area contributed by atoms with Crippen LogP contribution >= 0.6 is 11.6 Å². The maximum Gasteiger partial charge on any atom is 0.262 e. The van der Waals surface area contributed by atoms with Gasteiger partial charge in [-0.25, -0.2) is 0 Å². The summed E-state index contributed by atoms with van der Waals surface area (Å²) in [6, 6.07) is 5.08. The molecule has 1 aromatic rings. The molecule has 0 aliphatic carbocycles. The fourth-order valence-corrected chi connectivity index (χ4v) is 1.46. The van der Waals surface area contributed by atoms with Crippen LogP contribution in [0.1, 0.15) is 0 Å². The van der Waals surface area contributed by atoms with E-state index in [2.05, 4.69) is 10.6 Å². The summed E-state index contributed by atoms with van der Waals surface area (Å²) in [6.45, 7) is -0.0548. The normalized spacial score (nSPS) is 13.4. The molecule has 2 rings (SSSR count). The lowest BCUT2D eigenvalue weighted by atomic mass is 10.2. The highest BCUT2D eigenvalue weighted by Gasteiger charge is 2.19. The van der Waals surface area contributed by atoms with Gasteiger partial charge in [-0.15, -0.1) is 11.6 Å². The third kappa shape index (κ3) is 2.09. The SMILES string of the molecule is O=C(CCl)Nc1cccc2c1OCC(=O)N2. The Balaban J connectivity index is 2.30. The van der Waals surface area contributed by atoms with Crippen molar-refractivity contribution in [3.63, 3.8) is 0 Å². The lowest BCUT2D eigenvalue weighted by Gasteiger charge is -2.20. The molecule has 2 amide bonds. The van der Waals surface area contributed by atoms with Gasteiger partial charge in [-0.3, -0.25) is 9.59 Å². The molecule has 1 aliphatic rings. The first-order valence-corrected chi connectivity index (χ1v) is 5.15. The molecule has 0 saturated carbocycles. The number of rotatable bonds is 2. The van der Waals surface area contributed by atoms with Crippen LogP contribution in [0.5, 0.6) is 5.75 Å². The smallest absolute Gasteiger partial charge is 0.262 e. The summed E-state index contributed by atoms with van der Waals surface area (Å²) in [5, 5.41) is 5.23. The number of ether oxygens (including phenoxy) is 1. The van der Waals surface area contributed by atoms with E-state index < -0.39 is 0 Å². The molecule has 0 radical (unpaired) electrons. The number of benzene rings is 1. The minimum atomic E-state index is -0.324. The minimum absolute atomic E-state index is 0.0548. The number of fused-ring (bicyclic) bond motifs is 1. The van der Waals surface area contributed by atoms with E-state index in [9.17, 15) is 9.59 Å². The van der Waals surface area contributed by atoms with Crippen molar-refractivity contribution >= 4 is 34.8 Å². The maximum absolute atomic E-state index is 11.1. The van der Waals surface area contributed by atoms with Crippen molar-refractivity contribution < 1.29 is 14.3 Å². The predicted octanol–water partition coefficient (Wildman–Crippen LogP) is 1.19. The van der Waals surface area contributed by atoms with E-state index in [1.54, 1.807) is 18.2 Å². The van der Waals surface area contributed by atoms with Gasteiger partial charge >= 0.3 is 0 Å². The summed E-state index contributed by atoms with van der Waals surface area (Å²) >= 11 is 5.39. The largest absolute Gasteiger partial charge is 0.479 e. The Kier molecular flexibility index (Phi) is 2.96. The highest BCUT2D eigenvalue weighted by atomic mass is 35.5. The summed E-state index contributed by atoms with van der Waals surface area (Å²) in [7, 11) is 0. The molecule has 5 nitrogen and oxygen atoms in total. The number of nitrogens with one attached hydrogen (secondary N) is 2. The molecule has 1 heterocycles. The van der Waals surface area contributed by atoms with E-state index in [1.165, 1.54) is 0 Å². The Morgan fingerprint density at radius 3 is 3.12 bits per heavy atom. The summed E-state index contributed by atoms with van der Waals surface area (Å²) < 4.78 is 5.24. The van der Waals surface area contributed by atoms with Gasteiger partial charge in [0.05, 0.1) is 11.4 Å². The predicted molar refractivity (Wildman–Crippen MR) is 59.9 cm³/mol. The molecular formula is C10H9ClN2O3. The average molecular weight is 241 g/mol. The van der Waals surface area contributed by atoms with E-state index in [0.717, 1.165) is 0 Å². The number of carbonyl (C=O) groups excluding carboxylic acids is 2. The number of hydrogen-bond donors (Lipinski definition) is 2. The zero-order valence-electron chi connectivity index (χ0n) is 8.25. The van der Waals surface area contributed by atoms with Crippen molar-refractivity contribution in [2.45, 2.75) is 0 Å². The highest BCUT2D eigenvalue weighted by Crippen LogP contribution is 2.35. The van der Waals surface area contributed by atoms with Gasteiger partial charge in [-0.05, 0) is 12.1 Å². The number of carbonyl (C=O) groups is 2. The van der Waals surface area contributed by atoms with Crippen molar-refractivity contribution in [3.05, 3.63) is 18.2 Å². The van der Waals surface area contributed by atoms with E-state index >= 15 is 0 Å². The Bertz CT molecular complexity index is 448. The van der Waals surface area contributed by atoms with Crippen molar-refractivity contribution in [3.8, 4) is 5.75 Å². The zero-order valence-corrected chi connectivity index (χ0v) is 9.00. The lowest BCUT2D eigenvalue weighted by Crippen LogP contribution is -2.26. The Hall–Kier alpha value is -1.75. The number of amides is 2. The Labute approximate surface area is 96.7 Å². The lowest BCUT2D eigenvalue weighted by molar-refractivity contribution is -0.118. The maximum atomic E-state index is 11.1. The second kappa shape index (κ2) is 4.40. The van der Waals surface area contributed by atoms with Crippen LogP contribution in [0.3, 0.4) is 0 Å². The van der Waals surface area contributed by atoms with Crippen molar-refractivity contribution in [2.75, 3.05) is 23.1 Å². The van der Waals surface area contributed by atoms with Crippen LogP contribution in [0, 0.1) is 0 Å². The van der Waals surface area contributed by atoms with Crippen molar-refractivity contribution in [1.82, 2.24) is 0 Å². The summed E-state index contributed by atoms with van der Waals surface area (Å²) in [5.41, 5.74) is 1.05. The van der Waals surface area contributed by atoms with Gasteiger partial charge in [-0.2, -0.15) is 0 Å². The van der Waals surface area contributed by atoms with Gasteiger partial charge in [0.25, 0.3) is 5.91 Å². The third-order valence-corrected chi connectivity index (χ3v) is 2.27. The highest BCUT2D eigenvalue weighted by molar-refractivity contribution is 6.29. The first kappa shape index (κ1) is 10.8. The fraction of sp³-hybridized carbons (Fsp3) is 0.200. The molecule has 0 saturated heterocycles. The number of hydrogen-bond acceptors (Lipinski definition) is 3. The van der Waals surface area contributed by atoms with Crippen LogP contribution in [-0.4, -0.2) is 24.3 Å². The molecule has 0 spiro atoms. The molecule has 0 aromatic heterocycles. The molecule has 2 N–H and O–H groups in total. The molecule has 0 fully saturated rings. The van der Waals surface area contributed by atoms with Gasteiger partial charge in [0.2, 0.25) is 5.91 Å². The van der Waals surface area contributed by atoms with Gasteiger partial charge in [0, 0.05) is 0 Å². The summed E-state index contributed by atoms with van der Waals surface area (Å²) in [5.74, 6) is -0.208. The first-order chi connectivity index (χ1) is 7.70. The molecule has 0 atom stereocenters. The minimum Gasteiger partial charge on any atom is -0.479 e. The van der Waals surface area contributed by atoms with Gasteiger partial charge < -0.3 is 15.4 Å². The number of anilines is 2. The molecule has 84 valence electrons. The van der Waals surface area contributed by atoms with Crippen molar-refractivity contribution in [2.24, 2.45) is 0 Å². The van der Waals surface area contributed by atoms with Crippen molar-refractivity contribution in [1.29, 1.82) is 0 Å². The topological polar surface area (TPSA) is 67.4 Å². The Morgan fingerprint density at radius 1 is 1.56 bits per heavy atom. The molecule has 0 bridgehead atoms. The average Bonchev–Trinajstić information content (AvgIpc) is 2.28. The molecule has 16 heavy (non-hydrogen) atoms. The third-order valence-electron chi connectivity index (χ3n) is 2.03. The van der Waals surface area contributed by atoms with E-state index in [-0.39, 0.29) is 24.3 Å². The van der Waals surface area contributed by atoms with E-state index in [1.807, 2.05) is 0 Å². The van der Waals surface area contributed by atoms with Gasteiger partial charge in [-0.1, -0.05) is 6.07 Å². The quantitative estimate of drug-likeness (QED) is 0.764. The molecule has 1 aliphatic heterocycles. The van der Waals surface area contributed by atoms with Crippen LogP contribution in [0.2, 0.25) is 0 Å². The van der Waals surface area contributed by atoms with Crippen LogP contribution in [0.15, 0.2) is 18.2 Å². The van der Waals surface area contributed by atoms with Crippen LogP contribution in [0.4, 0.5) is 11.4 Å². The molecule has 6 heteroatoms. The van der Waals surface area contributed by atoms with Crippen LogP contribution in [-0.2, 0) is 9.59 Å². The summed E-state index contributed by atoms with van der Waals surface area (Å²) in [6.07, 6.45) is 0. The summed E-state index contributed by atoms with van der Waals surface area (Å²) in [4.78, 5) is 22.2. The first-order valence-electron chi connectivity index (χ1n) is 4.62. The number of alkyl halides is 1. The monoisotopic (exact) mass is 240 g/mol. The zero-order chi connectivity index (χ0) is 11.5. The fourth-order valence-electron chi connectivity index (χ4n) is 1.40. The van der Waals surface area contributed by atoms with E-state index in [0.29, 0.717) is 17.1 Å². The van der Waals surface area contributed by atoms with Crippen LogP contribution in [0.25, 0.3) is 0 Å². The second-order valence-electron chi connectivity index (χ2n) is 3.20. The van der Waals surface area contributed by atoms with Crippen LogP contribution < -0.4 is 15.4 Å². The second-order valence-corrected chi connectivity index (χ2v) is 3.47. The molecule has 0 unspecified atom stereocenters. The molecule has 1 aromatic carbocycles. The van der Waals surface area contributed by atoms with Gasteiger partial charge in [0.15, 0.2) is 12.4 Å². The number of para-hydroxylation sites is 1. The Morgan fingerprint density at radius 2 is 2.38 bits per heavy atom. The molecular weight excluding hydrogens is 232 g/mol. The standard InChI is InChI=1S/C10H9ClN2O3/c11-4-8(14)12-6-2-1-3-7-10(6)16-5-9(15)13-7/h1-3H,4-5H2,(H,12,14)(H,13,15). The van der Waals surface area contributed by atoms with E-state index in [4.69, 9.17) is 16.3 Å². The van der Waals surface area contributed by atoms with Gasteiger partial charge in [0.1, 0.15) is 5.88 Å².